The summed E-state index contributed by atoms with van der Waals surface area (Å²) in [6.07, 6.45) is 3.05. The fraction of sp³-hybridized carbons (Fsp3) is 0.655. The second kappa shape index (κ2) is 7.99. The maximum Gasteiger partial charge on any atom is 0.331 e. The van der Waals surface area contributed by atoms with Crippen LogP contribution in [0.25, 0.3) is 6.08 Å². The molecule has 35 heavy (non-hydrogen) atoms. The fourth-order valence-corrected chi connectivity index (χ4v) is 8.59. The van der Waals surface area contributed by atoms with Crippen molar-refractivity contribution in [1.82, 2.24) is 0 Å². The van der Waals surface area contributed by atoms with Gasteiger partial charge in [-0.2, -0.15) is 0 Å². The number of rotatable bonds is 4. The first-order chi connectivity index (χ1) is 16.4. The van der Waals surface area contributed by atoms with Crippen LogP contribution in [0.3, 0.4) is 0 Å². The molecule has 0 spiro atoms. The summed E-state index contributed by atoms with van der Waals surface area (Å²) in [5, 5.41) is 22.8. The van der Waals surface area contributed by atoms with E-state index in [1.165, 1.54) is 6.08 Å². The Morgan fingerprint density at radius 3 is 2.37 bits per heavy atom. The van der Waals surface area contributed by atoms with Crippen LogP contribution in [-0.4, -0.2) is 53.0 Å². The van der Waals surface area contributed by atoms with Gasteiger partial charge >= 0.3 is 5.97 Å². The van der Waals surface area contributed by atoms with Gasteiger partial charge in [-0.25, -0.2) is 4.79 Å². The summed E-state index contributed by atoms with van der Waals surface area (Å²) in [6.45, 7) is 8.30. The number of ketones is 1. The maximum absolute atomic E-state index is 14.7. The summed E-state index contributed by atoms with van der Waals surface area (Å²) < 4.78 is 12.0. The van der Waals surface area contributed by atoms with Crippen LogP contribution < -0.4 is 0 Å². The molecule has 190 valence electrons. The lowest BCUT2D eigenvalue weighted by Gasteiger charge is -2.73. The molecule has 4 aliphatic rings. The summed E-state index contributed by atoms with van der Waals surface area (Å²) in [6, 6.07) is 9.39. The number of ether oxygens (including phenoxy) is 2. The van der Waals surface area contributed by atoms with E-state index in [1.54, 1.807) is 13.2 Å². The van der Waals surface area contributed by atoms with Gasteiger partial charge in [-0.1, -0.05) is 58.0 Å². The second-order valence-electron chi connectivity index (χ2n) is 12.2. The van der Waals surface area contributed by atoms with Crippen molar-refractivity contribution >= 4 is 17.8 Å². The molecule has 0 aromatic heterocycles. The minimum absolute atomic E-state index is 0.0801. The monoisotopic (exact) mass is 482 g/mol. The van der Waals surface area contributed by atoms with E-state index in [0.717, 1.165) is 12.0 Å². The lowest BCUT2D eigenvalue weighted by molar-refractivity contribution is -0.299. The van der Waals surface area contributed by atoms with Crippen LogP contribution in [0.5, 0.6) is 0 Å². The van der Waals surface area contributed by atoms with Gasteiger partial charge in [0.15, 0.2) is 11.4 Å². The molecule has 0 radical (unpaired) electrons. The van der Waals surface area contributed by atoms with Gasteiger partial charge in [-0.15, -0.1) is 0 Å². The van der Waals surface area contributed by atoms with Gasteiger partial charge in [-0.05, 0) is 48.7 Å². The zero-order valence-electron chi connectivity index (χ0n) is 21.4. The van der Waals surface area contributed by atoms with Crippen molar-refractivity contribution in [3.05, 3.63) is 42.0 Å². The third-order valence-electron chi connectivity index (χ3n) is 10.6. The van der Waals surface area contributed by atoms with Crippen LogP contribution in [0.2, 0.25) is 0 Å². The van der Waals surface area contributed by atoms with Crippen LogP contribution in [-0.2, 0) is 19.1 Å². The van der Waals surface area contributed by atoms with E-state index in [9.17, 15) is 19.8 Å². The fourth-order valence-electron chi connectivity index (χ4n) is 8.59. The van der Waals surface area contributed by atoms with E-state index < -0.39 is 40.5 Å². The molecule has 2 N–H and O–H groups in total. The Labute approximate surface area is 207 Å². The third kappa shape index (κ3) is 3.06. The van der Waals surface area contributed by atoms with Crippen LogP contribution in [0.4, 0.5) is 0 Å². The Kier molecular flexibility index (Phi) is 5.63. The van der Waals surface area contributed by atoms with Crippen molar-refractivity contribution in [2.75, 3.05) is 7.11 Å². The average molecular weight is 483 g/mol. The minimum atomic E-state index is -1.55. The number of hydrogen-bond donors (Lipinski definition) is 2. The number of carbonyl (C=O) groups is 2. The maximum atomic E-state index is 14.7. The Morgan fingerprint density at radius 1 is 1.03 bits per heavy atom. The summed E-state index contributed by atoms with van der Waals surface area (Å²) in [7, 11) is 1.69. The standard InChI is InChI=1S/C29H38O6/c1-26(2)18-13-15-27(3)23(32)22-19(30)14-16-29(22,25(33)28(27,4)21(18)24(26)34-5)35-20(31)12-11-17-9-7-6-8-10-17/h6-12,18-19,21-24,30,32H,13-16H2,1-5H3/b12-11+/t18?,19-,21?,22?,23+,24-,27-,28+,29+/m0/s1. The van der Waals surface area contributed by atoms with Gasteiger partial charge in [-0.3, -0.25) is 4.79 Å². The molecule has 4 aliphatic carbocycles. The van der Waals surface area contributed by atoms with Crippen molar-refractivity contribution < 1.29 is 29.3 Å². The molecule has 6 nitrogen and oxygen atoms in total. The minimum Gasteiger partial charge on any atom is -0.447 e. The highest BCUT2D eigenvalue weighted by Crippen LogP contribution is 2.74. The van der Waals surface area contributed by atoms with E-state index in [1.807, 2.05) is 44.2 Å². The molecule has 1 aromatic carbocycles. The molecule has 4 fully saturated rings. The zero-order chi connectivity index (χ0) is 25.4. The Bertz CT molecular complexity index is 1040. The number of Topliss-reactive ketones (excluding diaryl/α,β-unsaturated/α-hetero) is 1. The lowest BCUT2D eigenvalue weighted by atomic mass is 9.32. The number of hydrogen-bond acceptors (Lipinski definition) is 6. The number of methoxy groups -OCH3 is 1. The average Bonchev–Trinajstić information content (AvgIpc) is 3.15. The highest BCUT2D eigenvalue weighted by Gasteiger charge is 2.80. The zero-order valence-corrected chi connectivity index (χ0v) is 21.4. The van der Waals surface area contributed by atoms with Gasteiger partial charge in [0.1, 0.15) is 0 Å². The lowest BCUT2D eigenvalue weighted by Crippen LogP contribution is -2.79. The van der Waals surface area contributed by atoms with Crippen molar-refractivity contribution in [1.29, 1.82) is 0 Å². The summed E-state index contributed by atoms with van der Waals surface area (Å²) >= 11 is 0. The smallest absolute Gasteiger partial charge is 0.331 e. The van der Waals surface area contributed by atoms with E-state index in [2.05, 4.69) is 13.8 Å². The Balaban J connectivity index is 1.55. The van der Waals surface area contributed by atoms with Crippen molar-refractivity contribution in [3.63, 3.8) is 0 Å². The van der Waals surface area contributed by atoms with Crippen molar-refractivity contribution in [2.45, 2.75) is 77.3 Å². The highest BCUT2D eigenvalue weighted by molar-refractivity contribution is 5.99. The third-order valence-corrected chi connectivity index (χ3v) is 10.6. The highest BCUT2D eigenvalue weighted by atomic mass is 16.6. The molecule has 0 bridgehead atoms. The van der Waals surface area contributed by atoms with Crippen LogP contribution in [0.1, 0.15) is 58.9 Å². The number of carbonyl (C=O) groups excluding carboxylic acids is 2. The van der Waals surface area contributed by atoms with E-state index in [0.29, 0.717) is 12.8 Å². The quantitative estimate of drug-likeness (QED) is 0.501. The molecule has 6 heteroatoms. The summed E-state index contributed by atoms with van der Waals surface area (Å²) in [4.78, 5) is 27.7. The largest absolute Gasteiger partial charge is 0.447 e. The molecular weight excluding hydrogens is 444 g/mol. The van der Waals surface area contributed by atoms with Gasteiger partial charge in [0, 0.05) is 29.9 Å². The number of aliphatic hydroxyl groups excluding tert-OH is 2. The van der Waals surface area contributed by atoms with Crippen molar-refractivity contribution in [3.8, 4) is 0 Å². The molecule has 4 saturated carbocycles. The second-order valence-corrected chi connectivity index (χ2v) is 12.2. The van der Waals surface area contributed by atoms with Gasteiger partial charge in [0.2, 0.25) is 0 Å². The number of esters is 1. The molecule has 1 aromatic rings. The first-order valence-electron chi connectivity index (χ1n) is 12.8. The molecule has 0 aliphatic heterocycles. The van der Waals surface area contributed by atoms with E-state index in [4.69, 9.17) is 9.47 Å². The van der Waals surface area contributed by atoms with Crippen LogP contribution in [0, 0.1) is 34.0 Å². The van der Waals surface area contributed by atoms with E-state index in [-0.39, 0.29) is 35.6 Å². The number of fused-ring (bicyclic) bond motifs is 4. The van der Waals surface area contributed by atoms with Gasteiger partial charge in [0.05, 0.1) is 24.2 Å². The molecule has 9 atom stereocenters. The Morgan fingerprint density at radius 2 is 1.71 bits per heavy atom. The Hall–Kier alpha value is -2.02. The molecule has 3 unspecified atom stereocenters. The first kappa shape index (κ1) is 24.7. The SMILES string of the molecule is CO[C@H]1C2C(CC[C@@]3(C)[C@H](O)C4[C@@H](O)CC[C@]4(OC(=O)/C=C/c4ccccc4)C(=O)[C@@]23C)C1(C)C. The van der Waals surface area contributed by atoms with Gasteiger partial charge in [0.25, 0.3) is 0 Å². The molecule has 0 amide bonds. The van der Waals surface area contributed by atoms with Crippen LogP contribution >= 0.6 is 0 Å². The van der Waals surface area contributed by atoms with E-state index >= 15 is 0 Å². The molecular formula is C29H38O6. The predicted octanol–water partition coefficient (Wildman–Crippen LogP) is 3.79. The topological polar surface area (TPSA) is 93.1 Å². The molecule has 0 heterocycles. The molecule has 5 rings (SSSR count). The predicted molar refractivity (Wildman–Crippen MR) is 131 cm³/mol. The summed E-state index contributed by atoms with van der Waals surface area (Å²) in [5.41, 5.74) is -2.48. The van der Waals surface area contributed by atoms with Gasteiger partial charge < -0.3 is 19.7 Å². The normalized spacial score (nSPS) is 45.9. The molecule has 0 saturated heterocycles. The number of benzene rings is 1. The number of aliphatic hydroxyl groups is 2. The first-order valence-corrected chi connectivity index (χ1v) is 12.8. The summed E-state index contributed by atoms with van der Waals surface area (Å²) in [5.74, 6) is -1.45. The van der Waals surface area contributed by atoms with Crippen LogP contribution in [0.15, 0.2) is 36.4 Å². The van der Waals surface area contributed by atoms with Crippen molar-refractivity contribution in [2.24, 2.45) is 34.0 Å².